The number of rotatable bonds is 14. The van der Waals surface area contributed by atoms with Crippen LogP contribution in [0.15, 0.2) is 36.0 Å². The van der Waals surface area contributed by atoms with Gasteiger partial charge in [0.2, 0.25) is 6.10 Å². The summed E-state index contributed by atoms with van der Waals surface area (Å²) in [7, 11) is 0. The summed E-state index contributed by atoms with van der Waals surface area (Å²) < 4.78 is 28.1. The average Bonchev–Trinajstić information content (AvgIpc) is 3.76. The largest absolute Gasteiger partial charge is 0.459 e. The summed E-state index contributed by atoms with van der Waals surface area (Å²) in [4.78, 5) is 50.1. The van der Waals surface area contributed by atoms with Crippen molar-refractivity contribution in [2.45, 2.75) is 143 Å². The zero-order valence-corrected chi connectivity index (χ0v) is 29.5. The second-order valence-corrected chi connectivity index (χ2v) is 13.3. The highest BCUT2D eigenvalue weighted by Crippen LogP contribution is 2.36. The van der Waals surface area contributed by atoms with Crippen molar-refractivity contribution in [1.29, 1.82) is 0 Å². The lowest BCUT2D eigenvalue weighted by Gasteiger charge is -2.33. The molecule has 2 aliphatic rings. The molecule has 2 rings (SSSR count). The van der Waals surface area contributed by atoms with E-state index in [1.54, 1.807) is 19.1 Å². The Morgan fingerprint density at radius 1 is 1.13 bits per heavy atom. The molecular weight excluding hydrogens is 608 g/mol. The smallest absolute Gasteiger partial charge is 0.343 e. The van der Waals surface area contributed by atoms with Gasteiger partial charge in [-0.15, -0.1) is 0 Å². The number of aliphatic hydroxyl groups excluding tert-OH is 1. The summed E-state index contributed by atoms with van der Waals surface area (Å²) in [6.45, 7) is 15.5. The van der Waals surface area contributed by atoms with Crippen LogP contribution in [0.25, 0.3) is 0 Å². The minimum absolute atomic E-state index is 0.00431. The van der Waals surface area contributed by atoms with E-state index in [1.807, 2.05) is 45.9 Å². The third-order valence-corrected chi connectivity index (χ3v) is 8.81. The van der Waals surface area contributed by atoms with Crippen molar-refractivity contribution in [3.05, 3.63) is 36.0 Å². The van der Waals surface area contributed by atoms with Crippen LogP contribution >= 0.6 is 0 Å². The molecule has 0 saturated carbocycles. The van der Waals surface area contributed by atoms with Crippen LogP contribution in [0.3, 0.4) is 0 Å². The fourth-order valence-electron chi connectivity index (χ4n) is 5.80. The van der Waals surface area contributed by atoms with E-state index in [4.69, 9.17) is 23.7 Å². The summed E-state index contributed by atoms with van der Waals surface area (Å²) >= 11 is 0. The molecule has 0 aromatic rings. The fraction of sp³-hybridized carbons (Fsp3) is 0.722. The highest BCUT2D eigenvalue weighted by molar-refractivity contribution is 6.00. The summed E-state index contributed by atoms with van der Waals surface area (Å²) in [6, 6.07) is 0. The first kappa shape index (κ1) is 40.3. The molecule has 0 aliphatic carbocycles. The molecular formula is C36H56O11. The molecule has 11 unspecified atom stereocenters. The van der Waals surface area contributed by atoms with Gasteiger partial charge in [-0.05, 0) is 70.9 Å². The van der Waals surface area contributed by atoms with E-state index >= 15 is 0 Å². The Morgan fingerprint density at radius 2 is 1.81 bits per heavy atom. The molecule has 2 heterocycles. The molecule has 0 amide bonds. The predicted molar refractivity (Wildman–Crippen MR) is 175 cm³/mol. The molecule has 11 atom stereocenters. The van der Waals surface area contributed by atoms with Gasteiger partial charge in [0.1, 0.15) is 23.9 Å². The standard InChI is InChI=1S/C36H56O11/c1-10-28(39)24(6)33-29(46-33)19-21(3)13-12-14-22(4)32-23(5)15-16-30(44-26(8)38)36(9,42)18-17-27(20-31(40)47-32)45-35(41)34(25(7)37)43-11-2/h12-16,21,23-24,27-30,32-34,39,42H,10-11,17-20H2,1-9H3/b13-12+,16-15+,22-14+. The van der Waals surface area contributed by atoms with Gasteiger partial charge in [-0.2, -0.15) is 0 Å². The van der Waals surface area contributed by atoms with Crippen molar-refractivity contribution < 1.29 is 53.1 Å². The molecule has 47 heavy (non-hydrogen) atoms. The second-order valence-electron chi connectivity index (χ2n) is 13.3. The van der Waals surface area contributed by atoms with Crippen LogP contribution < -0.4 is 0 Å². The lowest BCUT2D eigenvalue weighted by atomic mass is 9.88. The summed E-state index contributed by atoms with van der Waals surface area (Å²) in [6.07, 6.45) is 5.94. The van der Waals surface area contributed by atoms with E-state index in [0.29, 0.717) is 6.42 Å². The minimum Gasteiger partial charge on any atom is -0.459 e. The third-order valence-electron chi connectivity index (χ3n) is 8.81. The molecule has 0 aromatic carbocycles. The molecule has 0 aromatic heterocycles. The quantitative estimate of drug-likeness (QED) is 0.0669. The van der Waals surface area contributed by atoms with Crippen molar-refractivity contribution in [3.63, 3.8) is 0 Å². The van der Waals surface area contributed by atoms with E-state index in [-0.39, 0.29) is 61.9 Å². The average molecular weight is 665 g/mol. The normalized spacial score (nSPS) is 32.1. The number of allylic oxidation sites excluding steroid dienone is 3. The Hall–Kier alpha value is -2.86. The summed E-state index contributed by atoms with van der Waals surface area (Å²) in [5.74, 6) is -2.77. The highest BCUT2D eigenvalue weighted by atomic mass is 16.6. The number of epoxide rings is 1. The van der Waals surface area contributed by atoms with Gasteiger partial charge < -0.3 is 33.9 Å². The predicted octanol–water partition coefficient (Wildman–Crippen LogP) is 4.57. The van der Waals surface area contributed by atoms with Crippen LogP contribution in [0.4, 0.5) is 0 Å². The van der Waals surface area contributed by atoms with Crippen LogP contribution in [-0.4, -0.2) is 88.8 Å². The van der Waals surface area contributed by atoms with Gasteiger partial charge in [0, 0.05) is 25.4 Å². The number of carbonyl (C=O) groups excluding carboxylic acids is 4. The van der Waals surface area contributed by atoms with E-state index in [9.17, 15) is 29.4 Å². The Bertz CT molecular complexity index is 1160. The first-order valence-corrected chi connectivity index (χ1v) is 16.8. The molecule has 2 N–H and O–H groups in total. The minimum atomic E-state index is -1.56. The number of carbonyl (C=O) groups is 4. The third kappa shape index (κ3) is 12.9. The molecule has 1 saturated heterocycles. The van der Waals surface area contributed by atoms with E-state index in [2.05, 4.69) is 6.92 Å². The zero-order valence-electron chi connectivity index (χ0n) is 29.5. The summed E-state index contributed by atoms with van der Waals surface area (Å²) in [5, 5.41) is 21.5. The van der Waals surface area contributed by atoms with Crippen LogP contribution in [0.5, 0.6) is 0 Å². The van der Waals surface area contributed by atoms with Gasteiger partial charge in [-0.25, -0.2) is 4.79 Å². The second kappa shape index (κ2) is 18.6. The number of ether oxygens (including phenoxy) is 5. The number of cyclic esters (lactones) is 1. The number of hydrogen-bond donors (Lipinski definition) is 2. The monoisotopic (exact) mass is 664 g/mol. The summed E-state index contributed by atoms with van der Waals surface area (Å²) in [5.41, 5.74) is -0.820. The van der Waals surface area contributed by atoms with Crippen molar-refractivity contribution >= 4 is 23.7 Å². The van der Waals surface area contributed by atoms with Crippen LogP contribution in [0.1, 0.15) is 94.4 Å². The van der Waals surface area contributed by atoms with Gasteiger partial charge in [-0.1, -0.05) is 52.0 Å². The van der Waals surface area contributed by atoms with E-state index in [0.717, 1.165) is 12.0 Å². The number of ketones is 1. The maximum atomic E-state index is 13.3. The number of aliphatic hydroxyl groups is 2. The number of hydrogen-bond acceptors (Lipinski definition) is 11. The Morgan fingerprint density at radius 3 is 2.40 bits per heavy atom. The van der Waals surface area contributed by atoms with Crippen molar-refractivity contribution in [1.82, 2.24) is 0 Å². The van der Waals surface area contributed by atoms with E-state index in [1.165, 1.54) is 20.8 Å². The van der Waals surface area contributed by atoms with Gasteiger partial charge in [-0.3, -0.25) is 14.4 Å². The lowest BCUT2D eigenvalue weighted by Crippen LogP contribution is -2.43. The maximum absolute atomic E-state index is 13.3. The lowest BCUT2D eigenvalue weighted by molar-refractivity contribution is -0.170. The topological polar surface area (TPSA) is 158 Å². The Balaban J connectivity index is 2.28. The molecule has 0 spiro atoms. The maximum Gasteiger partial charge on any atom is 0.343 e. The van der Waals surface area contributed by atoms with Gasteiger partial charge in [0.25, 0.3) is 0 Å². The molecule has 0 radical (unpaired) electrons. The van der Waals surface area contributed by atoms with Crippen LogP contribution in [-0.2, 0) is 42.9 Å². The molecule has 266 valence electrons. The van der Waals surface area contributed by atoms with Crippen molar-refractivity contribution in [3.8, 4) is 0 Å². The Labute approximate surface area is 279 Å². The van der Waals surface area contributed by atoms with Crippen LogP contribution in [0.2, 0.25) is 0 Å². The van der Waals surface area contributed by atoms with Gasteiger partial charge in [0.15, 0.2) is 5.78 Å². The molecule has 2 aliphatic heterocycles. The highest BCUT2D eigenvalue weighted by Gasteiger charge is 2.45. The van der Waals surface area contributed by atoms with Crippen LogP contribution in [0, 0.1) is 17.8 Å². The zero-order chi connectivity index (χ0) is 35.5. The van der Waals surface area contributed by atoms with Gasteiger partial charge in [0.05, 0.1) is 24.7 Å². The first-order chi connectivity index (χ1) is 22.0. The molecule has 11 heteroatoms. The van der Waals surface area contributed by atoms with Crippen molar-refractivity contribution in [2.24, 2.45) is 17.8 Å². The number of Topliss-reactive ketones (excluding diaryl/α,β-unsaturated/α-hetero) is 1. The number of esters is 3. The van der Waals surface area contributed by atoms with E-state index < -0.39 is 53.7 Å². The SMILES string of the molecule is CCOC(C(C)=O)C(=O)OC1CCC(C)(O)C(OC(C)=O)/C=C/C(C)C(/C(C)=C/C=C/C(C)CC2OC2C(C)C(O)CC)OC(=O)C1. The molecule has 0 bridgehead atoms. The van der Waals surface area contributed by atoms with Crippen molar-refractivity contribution in [2.75, 3.05) is 6.61 Å². The first-order valence-electron chi connectivity index (χ1n) is 16.8. The fourth-order valence-corrected chi connectivity index (χ4v) is 5.80. The van der Waals surface area contributed by atoms with Gasteiger partial charge >= 0.3 is 17.9 Å². The molecule has 11 nitrogen and oxygen atoms in total. The molecule has 1 fully saturated rings. The Kier molecular flexibility index (Phi) is 16.0.